The lowest BCUT2D eigenvalue weighted by atomic mass is 9.99. The van der Waals surface area contributed by atoms with E-state index in [0.29, 0.717) is 0 Å². The van der Waals surface area contributed by atoms with Gasteiger partial charge in [0.25, 0.3) is 0 Å². The van der Waals surface area contributed by atoms with Crippen molar-refractivity contribution in [2.75, 3.05) is 5.75 Å². The van der Waals surface area contributed by atoms with Crippen LogP contribution in [-0.4, -0.2) is 19.2 Å². The lowest BCUT2D eigenvalue weighted by Gasteiger charge is -2.22. The fraction of sp³-hybridized carbons (Fsp3) is 0.545. The maximum Gasteiger partial charge on any atom is 0.211 e. The molecule has 0 aliphatic heterocycles. The van der Waals surface area contributed by atoms with Crippen molar-refractivity contribution >= 4 is 26.0 Å². The Labute approximate surface area is 111 Å². The molecule has 0 radical (unpaired) electrons. The van der Waals surface area contributed by atoms with Crippen molar-refractivity contribution in [3.8, 4) is 0 Å². The minimum absolute atomic E-state index is 0.0810. The minimum Gasteiger partial charge on any atom is -0.263 e. The second-order valence-electron chi connectivity index (χ2n) is 4.18. The van der Waals surface area contributed by atoms with Gasteiger partial charge in [-0.05, 0) is 40.4 Å². The van der Waals surface area contributed by atoms with Crippen molar-refractivity contribution in [2.45, 2.75) is 26.8 Å². The summed E-state index contributed by atoms with van der Waals surface area (Å²) < 4.78 is 26.8. The second kappa shape index (κ2) is 5.93. The summed E-state index contributed by atoms with van der Waals surface area (Å²) >= 11 is 3.34. The van der Waals surface area contributed by atoms with E-state index in [0.717, 1.165) is 10.0 Å². The molecule has 0 saturated carbocycles. The number of pyridine rings is 1. The van der Waals surface area contributed by atoms with E-state index in [2.05, 4.69) is 25.6 Å². The Morgan fingerprint density at radius 1 is 1.41 bits per heavy atom. The molecule has 0 aliphatic carbocycles. The number of hydrogen-bond donors (Lipinski definition) is 1. The quantitative estimate of drug-likeness (QED) is 0.906. The van der Waals surface area contributed by atoms with Gasteiger partial charge in [0.1, 0.15) is 0 Å². The zero-order chi connectivity index (χ0) is 13.1. The summed E-state index contributed by atoms with van der Waals surface area (Å²) in [6.07, 6.45) is 3.36. The van der Waals surface area contributed by atoms with Crippen LogP contribution in [0.1, 0.15) is 32.4 Å². The molecule has 1 heterocycles. The number of nitrogens with zero attached hydrogens (tertiary/aromatic N) is 1. The van der Waals surface area contributed by atoms with Gasteiger partial charge < -0.3 is 0 Å². The highest BCUT2D eigenvalue weighted by Crippen LogP contribution is 2.24. The van der Waals surface area contributed by atoms with Crippen LogP contribution in [0.25, 0.3) is 0 Å². The summed E-state index contributed by atoms with van der Waals surface area (Å²) in [4.78, 5) is 4.06. The first-order valence-electron chi connectivity index (χ1n) is 5.46. The Morgan fingerprint density at radius 3 is 2.53 bits per heavy atom. The number of rotatable bonds is 5. The predicted molar refractivity (Wildman–Crippen MR) is 72.1 cm³/mol. The first-order valence-corrected chi connectivity index (χ1v) is 7.90. The predicted octanol–water partition coefficient (Wildman–Crippen LogP) is 2.48. The number of halogens is 1. The van der Waals surface area contributed by atoms with Gasteiger partial charge in [-0.1, -0.05) is 13.8 Å². The fourth-order valence-electron chi connectivity index (χ4n) is 1.46. The molecule has 96 valence electrons. The van der Waals surface area contributed by atoms with E-state index >= 15 is 0 Å². The SMILES string of the molecule is CCS(=O)(=O)N[C@H](c1cncc(Br)c1)C(C)C. The molecule has 6 heteroatoms. The van der Waals surface area contributed by atoms with Crippen LogP contribution < -0.4 is 4.72 Å². The highest BCUT2D eigenvalue weighted by Gasteiger charge is 2.21. The van der Waals surface area contributed by atoms with Gasteiger partial charge in [0.05, 0.1) is 11.8 Å². The molecular weight excluding hydrogens is 304 g/mol. The molecule has 4 nitrogen and oxygen atoms in total. The third kappa shape index (κ3) is 4.37. The number of hydrogen-bond acceptors (Lipinski definition) is 3. The van der Waals surface area contributed by atoms with Crippen molar-refractivity contribution in [1.82, 2.24) is 9.71 Å². The summed E-state index contributed by atoms with van der Waals surface area (Å²) in [7, 11) is -3.22. The van der Waals surface area contributed by atoms with Gasteiger partial charge in [0, 0.05) is 16.9 Å². The van der Waals surface area contributed by atoms with E-state index in [1.165, 1.54) is 0 Å². The molecule has 0 amide bonds. The smallest absolute Gasteiger partial charge is 0.211 e. The summed E-state index contributed by atoms with van der Waals surface area (Å²) in [6.45, 7) is 5.58. The van der Waals surface area contributed by atoms with Gasteiger partial charge in [-0.3, -0.25) is 4.98 Å². The highest BCUT2D eigenvalue weighted by molar-refractivity contribution is 9.10. The Morgan fingerprint density at radius 2 is 2.06 bits per heavy atom. The van der Waals surface area contributed by atoms with Crippen molar-refractivity contribution in [1.29, 1.82) is 0 Å². The lowest BCUT2D eigenvalue weighted by Crippen LogP contribution is -2.32. The normalized spacial score (nSPS) is 13.9. The largest absolute Gasteiger partial charge is 0.263 e. The topological polar surface area (TPSA) is 59.1 Å². The van der Waals surface area contributed by atoms with Crippen LogP contribution in [0.3, 0.4) is 0 Å². The van der Waals surface area contributed by atoms with Crippen LogP contribution >= 0.6 is 15.9 Å². The molecule has 0 aromatic carbocycles. The van der Waals surface area contributed by atoms with E-state index in [-0.39, 0.29) is 17.7 Å². The summed E-state index contributed by atoms with van der Waals surface area (Å²) in [6, 6.07) is 1.64. The molecule has 0 fully saturated rings. The number of aromatic nitrogens is 1. The van der Waals surface area contributed by atoms with E-state index in [1.807, 2.05) is 19.9 Å². The lowest BCUT2D eigenvalue weighted by molar-refractivity contribution is 0.462. The molecule has 17 heavy (non-hydrogen) atoms. The average molecular weight is 321 g/mol. The van der Waals surface area contributed by atoms with E-state index in [4.69, 9.17) is 0 Å². The summed E-state index contributed by atoms with van der Waals surface area (Å²) in [5.74, 6) is 0.241. The van der Waals surface area contributed by atoms with Crippen LogP contribution in [0.2, 0.25) is 0 Å². The average Bonchev–Trinajstić information content (AvgIpc) is 2.25. The van der Waals surface area contributed by atoms with Gasteiger partial charge in [0.2, 0.25) is 10.0 Å². The zero-order valence-corrected chi connectivity index (χ0v) is 12.5. The Bertz CT molecular complexity index is 474. The van der Waals surface area contributed by atoms with Crippen molar-refractivity contribution in [3.05, 3.63) is 28.5 Å². The molecule has 1 rings (SSSR count). The van der Waals surface area contributed by atoms with Gasteiger partial charge in [-0.2, -0.15) is 0 Å². The van der Waals surface area contributed by atoms with E-state index < -0.39 is 10.0 Å². The monoisotopic (exact) mass is 320 g/mol. The van der Waals surface area contributed by atoms with Crippen LogP contribution in [0, 0.1) is 5.92 Å². The number of sulfonamides is 1. The molecule has 1 atom stereocenters. The molecule has 1 N–H and O–H groups in total. The van der Waals surface area contributed by atoms with Crippen molar-refractivity contribution in [2.24, 2.45) is 5.92 Å². The first kappa shape index (κ1) is 14.6. The highest BCUT2D eigenvalue weighted by atomic mass is 79.9. The number of nitrogens with one attached hydrogen (secondary N) is 1. The Hall–Kier alpha value is -0.460. The second-order valence-corrected chi connectivity index (χ2v) is 7.14. The van der Waals surface area contributed by atoms with Gasteiger partial charge in [0.15, 0.2) is 0 Å². The molecule has 0 spiro atoms. The molecular formula is C11H17BrN2O2S. The third-order valence-corrected chi connectivity index (χ3v) is 4.25. The Kier molecular flexibility index (Phi) is 5.09. The molecule has 1 aromatic heterocycles. The van der Waals surface area contributed by atoms with Crippen molar-refractivity contribution < 1.29 is 8.42 Å². The van der Waals surface area contributed by atoms with E-state index in [1.54, 1.807) is 19.3 Å². The maximum atomic E-state index is 11.6. The first-order chi connectivity index (χ1) is 7.85. The van der Waals surface area contributed by atoms with Crippen LogP contribution in [0.5, 0.6) is 0 Å². The zero-order valence-electron chi connectivity index (χ0n) is 10.1. The van der Waals surface area contributed by atoms with Crippen LogP contribution in [-0.2, 0) is 10.0 Å². The van der Waals surface area contributed by atoms with Gasteiger partial charge >= 0.3 is 0 Å². The maximum absolute atomic E-state index is 11.6. The van der Waals surface area contributed by atoms with Gasteiger partial charge in [-0.15, -0.1) is 0 Å². The van der Waals surface area contributed by atoms with Crippen LogP contribution in [0.4, 0.5) is 0 Å². The van der Waals surface area contributed by atoms with Crippen molar-refractivity contribution in [3.63, 3.8) is 0 Å². The Balaban J connectivity index is 3.02. The van der Waals surface area contributed by atoms with E-state index in [9.17, 15) is 8.42 Å². The van der Waals surface area contributed by atoms with Gasteiger partial charge in [-0.25, -0.2) is 13.1 Å². The molecule has 0 aliphatic rings. The molecule has 0 saturated heterocycles. The summed E-state index contributed by atoms with van der Waals surface area (Å²) in [5, 5.41) is 0. The molecule has 1 aromatic rings. The standard InChI is InChI=1S/C11H17BrN2O2S/c1-4-17(15,16)14-11(8(2)3)9-5-10(12)7-13-6-9/h5-8,11,14H,4H2,1-3H3/t11-/m0/s1. The summed E-state index contributed by atoms with van der Waals surface area (Å²) in [5.41, 5.74) is 0.867. The molecule has 0 unspecified atom stereocenters. The third-order valence-electron chi connectivity index (χ3n) is 2.44. The fourth-order valence-corrected chi connectivity index (χ4v) is 2.81. The molecule has 0 bridgehead atoms. The van der Waals surface area contributed by atoms with Crippen LogP contribution in [0.15, 0.2) is 22.9 Å². The minimum atomic E-state index is -3.22.